The van der Waals surface area contributed by atoms with Crippen LogP contribution in [0.2, 0.25) is 0 Å². The average molecular weight is 409 g/mol. The van der Waals surface area contributed by atoms with E-state index in [1.165, 1.54) is 12.3 Å². The summed E-state index contributed by atoms with van der Waals surface area (Å²) in [6.07, 6.45) is -2.87. The molecule has 2 bridgehead atoms. The molecule has 2 aromatic heterocycles. The van der Waals surface area contributed by atoms with Gasteiger partial charge < -0.3 is 15.2 Å². The molecule has 10 heteroatoms. The van der Waals surface area contributed by atoms with Crippen molar-refractivity contribution in [1.82, 2.24) is 9.97 Å². The second kappa shape index (κ2) is 5.73. The van der Waals surface area contributed by atoms with Crippen LogP contribution in [-0.4, -0.2) is 33.2 Å². The number of carbonyl (C=O) groups excluding carboxylic acids is 1. The van der Waals surface area contributed by atoms with Gasteiger partial charge in [-0.25, -0.2) is 9.97 Å². The van der Waals surface area contributed by atoms with Gasteiger partial charge in [0.05, 0.1) is 17.8 Å². The van der Waals surface area contributed by atoms with Crippen molar-refractivity contribution in [3.8, 4) is 0 Å². The van der Waals surface area contributed by atoms with Gasteiger partial charge in [-0.15, -0.1) is 0 Å². The van der Waals surface area contributed by atoms with Gasteiger partial charge in [0.25, 0.3) is 0 Å². The molecule has 1 aliphatic carbocycles. The normalized spacial score (nSPS) is 34.7. The summed E-state index contributed by atoms with van der Waals surface area (Å²) >= 11 is 0. The van der Waals surface area contributed by atoms with Gasteiger partial charge in [0.15, 0.2) is 0 Å². The number of anilines is 1. The number of aromatic nitrogens is 2. The molecule has 0 aromatic carbocycles. The summed E-state index contributed by atoms with van der Waals surface area (Å²) in [5.41, 5.74) is -3.27. The van der Waals surface area contributed by atoms with Crippen LogP contribution in [0.4, 0.5) is 23.4 Å². The van der Waals surface area contributed by atoms with E-state index in [0.29, 0.717) is 18.4 Å². The average Bonchev–Trinajstić information content (AvgIpc) is 3.00. The zero-order valence-electron chi connectivity index (χ0n) is 14.8. The van der Waals surface area contributed by atoms with E-state index in [2.05, 4.69) is 15.3 Å². The van der Waals surface area contributed by atoms with Gasteiger partial charge in [0.2, 0.25) is 11.9 Å². The quantitative estimate of drug-likeness (QED) is 0.602. The number of rotatable bonds is 3. The standard InChI is InChI=1S/C19H15F4N3O3/c20-12-7-9(2-5-24-12)17-4-1-11(29-17)14-15(27)18(14,17)16(28)26-13-8-10(3-6-25-13)19(21,22)23/h2-3,5-8,11,14-15,27H,1,4H2,(H,25,26,28). The Hall–Kier alpha value is -2.59. The molecular weight excluding hydrogens is 394 g/mol. The van der Waals surface area contributed by atoms with Crippen LogP contribution in [0.5, 0.6) is 0 Å². The first-order valence-electron chi connectivity index (χ1n) is 9.03. The largest absolute Gasteiger partial charge is 0.416 e. The molecule has 1 saturated carbocycles. The lowest BCUT2D eigenvalue weighted by Gasteiger charge is -2.35. The topological polar surface area (TPSA) is 84.3 Å². The smallest absolute Gasteiger partial charge is 0.391 e. The SMILES string of the molecule is O=C(Nc1cc(C(F)(F)F)ccn1)C12C(O)C1C1CCC2(c2ccnc(F)c2)O1. The first kappa shape index (κ1) is 18.4. The second-order valence-electron chi connectivity index (χ2n) is 7.61. The van der Waals surface area contributed by atoms with Gasteiger partial charge in [-0.3, -0.25) is 4.79 Å². The van der Waals surface area contributed by atoms with Crippen molar-refractivity contribution in [2.75, 3.05) is 5.32 Å². The summed E-state index contributed by atoms with van der Waals surface area (Å²) in [6, 6.07) is 4.21. The van der Waals surface area contributed by atoms with E-state index < -0.39 is 46.6 Å². The number of alkyl halides is 3. The van der Waals surface area contributed by atoms with Crippen LogP contribution in [0.15, 0.2) is 36.7 Å². The van der Waals surface area contributed by atoms with Crippen LogP contribution in [0.1, 0.15) is 24.0 Å². The van der Waals surface area contributed by atoms with Gasteiger partial charge in [-0.05, 0) is 42.7 Å². The number of nitrogens with zero attached hydrogens (tertiary/aromatic N) is 2. The Bertz CT molecular complexity index is 1020. The number of aliphatic hydroxyl groups is 1. The zero-order valence-corrected chi connectivity index (χ0v) is 14.8. The van der Waals surface area contributed by atoms with E-state index in [9.17, 15) is 27.5 Å². The van der Waals surface area contributed by atoms with Gasteiger partial charge in [0, 0.05) is 18.3 Å². The lowest BCUT2D eigenvalue weighted by atomic mass is 9.72. The minimum absolute atomic E-state index is 0.282. The van der Waals surface area contributed by atoms with E-state index >= 15 is 0 Å². The number of hydrogen-bond acceptors (Lipinski definition) is 5. The van der Waals surface area contributed by atoms with Gasteiger partial charge in [-0.1, -0.05) is 0 Å². The van der Waals surface area contributed by atoms with E-state index in [0.717, 1.165) is 24.4 Å². The molecule has 0 spiro atoms. The van der Waals surface area contributed by atoms with Crippen molar-refractivity contribution >= 4 is 11.7 Å². The maximum absolute atomic E-state index is 13.8. The molecule has 2 N–H and O–H groups in total. The molecule has 29 heavy (non-hydrogen) atoms. The van der Waals surface area contributed by atoms with E-state index in [4.69, 9.17) is 4.74 Å². The van der Waals surface area contributed by atoms with Gasteiger partial charge >= 0.3 is 6.18 Å². The number of carbonyl (C=O) groups is 1. The molecule has 152 valence electrons. The molecule has 2 aromatic rings. The number of fused-ring (bicyclic) bond motifs is 5. The van der Waals surface area contributed by atoms with Crippen LogP contribution >= 0.6 is 0 Å². The van der Waals surface area contributed by atoms with E-state index in [-0.39, 0.29) is 11.9 Å². The van der Waals surface area contributed by atoms with Crippen LogP contribution in [0.25, 0.3) is 0 Å². The third kappa shape index (κ3) is 2.32. The van der Waals surface area contributed by atoms with Gasteiger partial charge in [0.1, 0.15) is 16.8 Å². The summed E-state index contributed by atoms with van der Waals surface area (Å²) in [7, 11) is 0. The Kier molecular flexibility index (Phi) is 3.64. The van der Waals surface area contributed by atoms with Crippen LogP contribution < -0.4 is 5.32 Å². The fraction of sp³-hybridized carbons (Fsp3) is 0.421. The highest BCUT2D eigenvalue weighted by atomic mass is 19.4. The minimum atomic E-state index is -4.59. The van der Waals surface area contributed by atoms with Crippen molar-refractivity contribution in [2.24, 2.45) is 11.3 Å². The third-order valence-corrected chi connectivity index (χ3v) is 6.32. The number of amides is 1. The van der Waals surface area contributed by atoms with Crippen LogP contribution in [0, 0.1) is 17.3 Å². The summed E-state index contributed by atoms with van der Waals surface area (Å²) < 4.78 is 58.7. The fourth-order valence-corrected chi connectivity index (χ4v) is 5.15. The van der Waals surface area contributed by atoms with Gasteiger partial charge in [-0.2, -0.15) is 17.6 Å². The number of ether oxygens (including phenoxy) is 1. The molecule has 2 aliphatic heterocycles. The van der Waals surface area contributed by atoms with Crippen molar-refractivity contribution in [3.05, 3.63) is 53.7 Å². The van der Waals surface area contributed by atoms with Crippen molar-refractivity contribution in [1.29, 1.82) is 0 Å². The summed E-state index contributed by atoms with van der Waals surface area (Å²) in [4.78, 5) is 20.5. The molecule has 3 aliphatic rings. The Labute approximate surface area is 161 Å². The number of aliphatic hydroxyl groups excluding tert-OH is 1. The maximum Gasteiger partial charge on any atom is 0.416 e. The summed E-state index contributed by atoms with van der Waals surface area (Å²) in [5, 5.41) is 13.1. The number of pyridine rings is 2. The molecule has 6 nitrogen and oxygen atoms in total. The highest BCUT2D eigenvalue weighted by Gasteiger charge is 2.88. The van der Waals surface area contributed by atoms with Crippen molar-refractivity contribution in [3.63, 3.8) is 0 Å². The molecule has 2 saturated heterocycles. The highest BCUT2D eigenvalue weighted by molar-refractivity contribution is 6.00. The van der Waals surface area contributed by atoms with E-state index in [1.54, 1.807) is 0 Å². The zero-order chi connectivity index (χ0) is 20.6. The number of hydrogen-bond donors (Lipinski definition) is 2. The predicted molar refractivity (Wildman–Crippen MR) is 89.8 cm³/mol. The predicted octanol–water partition coefficient (Wildman–Crippen LogP) is 2.64. The third-order valence-electron chi connectivity index (χ3n) is 6.32. The molecule has 5 rings (SSSR count). The summed E-state index contributed by atoms with van der Waals surface area (Å²) in [6.45, 7) is 0. The lowest BCUT2D eigenvalue weighted by molar-refractivity contribution is -0.138. The van der Waals surface area contributed by atoms with Crippen molar-refractivity contribution < 1.29 is 32.2 Å². The Balaban J connectivity index is 1.52. The first-order valence-corrected chi connectivity index (χ1v) is 9.03. The number of nitrogens with one attached hydrogen (secondary N) is 1. The van der Waals surface area contributed by atoms with Crippen LogP contribution in [0.3, 0.4) is 0 Å². The molecule has 1 amide bonds. The lowest BCUT2D eigenvalue weighted by Crippen LogP contribution is -2.45. The summed E-state index contributed by atoms with van der Waals surface area (Å²) in [5.74, 6) is -2.24. The molecule has 4 heterocycles. The monoisotopic (exact) mass is 409 g/mol. The minimum Gasteiger partial charge on any atom is -0.391 e. The molecular formula is C19H15F4N3O3. The Morgan fingerprint density at radius 1 is 1.24 bits per heavy atom. The number of halogens is 4. The molecule has 5 unspecified atom stereocenters. The molecule has 3 fully saturated rings. The Morgan fingerprint density at radius 3 is 2.72 bits per heavy atom. The first-order chi connectivity index (χ1) is 13.7. The highest BCUT2D eigenvalue weighted by Crippen LogP contribution is 2.77. The molecule has 5 atom stereocenters. The van der Waals surface area contributed by atoms with E-state index in [1.807, 2.05) is 0 Å². The van der Waals surface area contributed by atoms with Crippen molar-refractivity contribution in [2.45, 2.75) is 36.8 Å². The second-order valence-corrected chi connectivity index (χ2v) is 7.61. The fourth-order valence-electron chi connectivity index (χ4n) is 5.15. The Morgan fingerprint density at radius 2 is 2.00 bits per heavy atom. The molecule has 0 radical (unpaired) electrons. The maximum atomic E-state index is 13.8. The van der Waals surface area contributed by atoms with Crippen LogP contribution in [-0.2, 0) is 21.3 Å².